The van der Waals surface area contributed by atoms with Gasteiger partial charge in [0.25, 0.3) is 0 Å². The number of amides is 1. The number of likely N-dealkylation sites (N-methyl/N-ethyl adjacent to an activating group) is 1. The van der Waals surface area contributed by atoms with E-state index in [9.17, 15) is 4.79 Å². The van der Waals surface area contributed by atoms with Gasteiger partial charge >= 0.3 is 0 Å². The van der Waals surface area contributed by atoms with Crippen molar-refractivity contribution in [2.75, 3.05) is 30.4 Å². The van der Waals surface area contributed by atoms with Gasteiger partial charge in [-0.2, -0.15) is 4.98 Å². The van der Waals surface area contributed by atoms with E-state index in [4.69, 9.17) is 0 Å². The molecule has 0 spiro atoms. The van der Waals surface area contributed by atoms with Crippen molar-refractivity contribution >= 4 is 17.7 Å². The van der Waals surface area contributed by atoms with E-state index < -0.39 is 0 Å². The molecule has 1 rings (SSSR count). The van der Waals surface area contributed by atoms with Crippen LogP contribution in [0.4, 0.5) is 11.8 Å². The number of carbonyl (C=O) groups is 1. The third-order valence-electron chi connectivity index (χ3n) is 2.60. The van der Waals surface area contributed by atoms with Crippen molar-refractivity contribution in [1.29, 1.82) is 0 Å². The Morgan fingerprint density at radius 1 is 1.40 bits per heavy atom. The minimum Gasteiger partial charge on any atom is -0.354 e. The molecule has 112 valence electrons. The third-order valence-corrected chi connectivity index (χ3v) is 2.60. The van der Waals surface area contributed by atoms with Gasteiger partial charge in [0.15, 0.2) is 0 Å². The first-order valence-corrected chi connectivity index (χ1v) is 7.02. The smallest absolute Gasteiger partial charge is 0.239 e. The molecule has 0 radical (unpaired) electrons. The Labute approximate surface area is 121 Å². The van der Waals surface area contributed by atoms with Gasteiger partial charge in [0.2, 0.25) is 11.9 Å². The lowest BCUT2D eigenvalue weighted by Gasteiger charge is -2.19. The molecule has 6 heteroatoms. The summed E-state index contributed by atoms with van der Waals surface area (Å²) in [5.74, 6) is 1.34. The van der Waals surface area contributed by atoms with E-state index in [2.05, 4.69) is 27.5 Å². The highest BCUT2D eigenvalue weighted by Crippen LogP contribution is 2.13. The summed E-state index contributed by atoms with van der Waals surface area (Å²) in [5.41, 5.74) is 0.879. The lowest BCUT2D eigenvalue weighted by molar-refractivity contribution is -0.120. The lowest BCUT2D eigenvalue weighted by atomic mass is 10.3. The van der Waals surface area contributed by atoms with E-state index in [0.717, 1.165) is 24.5 Å². The Morgan fingerprint density at radius 2 is 2.10 bits per heavy atom. The summed E-state index contributed by atoms with van der Waals surface area (Å²) in [6.45, 7) is 9.01. The highest BCUT2D eigenvalue weighted by atomic mass is 16.2. The molecule has 0 unspecified atom stereocenters. The minimum atomic E-state index is -0.0122. The molecule has 0 saturated carbocycles. The zero-order valence-electron chi connectivity index (χ0n) is 13.0. The summed E-state index contributed by atoms with van der Waals surface area (Å²) < 4.78 is 0. The first-order chi connectivity index (χ1) is 9.42. The molecule has 0 bridgehead atoms. The van der Waals surface area contributed by atoms with Crippen molar-refractivity contribution in [3.8, 4) is 0 Å². The fourth-order valence-electron chi connectivity index (χ4n) is 1.73. The van der Waals surface area contributed by atoms with Crippen LogP contribution in [-0.2, 0) is 4.79 Å². The van der Waals surface area contributed by atoms with E-state index >= 15 is 0 Å². The van der Waals surface area contributed by atoms with Crippen LogP contribution in [0, 0.1) is 6.92 Å². The number of carbonyl (C=O) groups excluding carboxylic acids is 1. The summed E-state index contributed by atoms with van der Waals surface area (Å²) in [6.07, 6.45) is 1.01. The SMILES string of the molecule is CCCNc1nc(C)cc(N(C)CC(=O)NC(C)C)n1. The zero-order valence-corrected chi connectivity index (χ0v) is 13.0. The molecular weight excluding hydrogens is 254 g/mol. The number of nitrogens with one attached hydrogen (secondary N) is 2. The van der Waals surface area contributed by atoms with Crippen molar-refractivity contribution in [1.82, 2.24) is 15.3 Å². The fraction of sp³-hybridized carbons (Fsp3) is 0.643. The molecule has 1 aromatic heterocycles. The van der Waals surface area contributed by atoms with Crippen molar-refractivity contribution in [3.63, 3.8) is 0 Å². The average Bonchev–Trinajstić information content (AvgIpc) is 2.34. The van der Waals surface area contributed by atoms with E-state index in [0.29, 0.717) is 5.95 Å². The normalized spacial score (nSPS) is 10.5. The van der Waals surface area contributed by atoms with Gasteiger partial charge < -0.3 is 15.5 Å². The quantitative estimate of drug-likeness (QED) is 0.793. The van der Waals surface area contributed by atoms with Crippen LogP contribution in [0.25, 0.3) is 0 Å². The molecule has 20 heavy (non-hydrogen) atoms. The molecule has 0 saturated heterocycles. The molecule has 1 heterocycles. The Bertz CT molecular complexity index is 447. The number of hydrogen-bond acceptors (Lipinski definition) is 5. The van der Waals surface area contributed by atoms with Gasteiger partial charge in [0, 0.05) is 31.4 Å². The molecule has 6 nitrogen and oxygen atoms in total. The van der Waals surface area contributed by atoms with E-state index in [-0.39, 0.29) is 18.5 Å². The van der Waals surface area contributed by atoms with Gasteiger partial charge in [-0.15, -0.1) is 0 Å². The van der Waals surface area contributed by atoms with Crippen LogP contribution in [0.2, 0.25) is 0 Å². The lowest BCUT2D eigenvalue weighted by Crippen LogP contribution is -2.38. The number of aromatic nitrogens is 2. The first-order valence-electron chi connectivity index (χ1n) is 7.02. The van der Waals surface area contributed by atoms with Gasteiger partial charge in [-0.1, -0.05) is 6.92 Å². The van der Waals surface area contributed by atoms with Gasteiger partial charge in [0.05, 0.1) is 6.54 Å². The molecule has 0 fully saturated rings. The predicted molar refractivity (Wildman–Crippen MR) is 82.1 cm³/mol. The molecule has 0 aliphatic carbocycles. The van der Waals surface area contributed by atoms with Crippen LogP contribution >= 0.6 is 0 Å². The Balaban J connectivity index is 2.73. The summed E-state index contributed by atoms with van der Waals surface area (Å²) in [7, 11) is 1.85. The predicted octanol–water partition coefficient (Wildman–Crippen LogP) is 1.57. The highest BCUT2D eigenvalue weighted by molar-refractivity contribution is 5.81. The maximum absolute atomic E-state index is 11.8. The van der Waals surface area contributed by atoms with Crippen molar-refractivity contribution in [2.45, 2.75) is 40.2 Å². The Kier molecular flexibility index (Phi) is 6.21. The van der Waals surface area contributed by atoms with Crippen molar-refractivity contribution < 1.29 is 4.79 Å². The minimum absolute atomic E-state index is 0.0122. The van der Waals surface area contributed by atoms with E-state index in [1.54, 1.807) is 0 Å². The number of hydrogen-bond donors (Lipinski definition) is 2. The maximum Gasteiger partial charge on any atom is 0.239 e. The summed E-state index contributed by atoms with van der Waals surface area (Å²) >= 11 is 0. The molecule has 0 atom stereocenters. The molecule has 0 aromatic carbocycles. The van der Waals surface area contributed by atoms with Crippen LogP contribution in [0.15, 0.2) is 6.07 Å². The van der Waals surface area contributed by atoms with E-state index in [1.165, 1.54) is 0 Å². The maximum atomic E-state index is 11.8. The molecule has 1 amide bonds. The van der Waals surface area contributed by atoms with Crippen LogP contribution in [0.1, 0.15) is 32.9 Å². The van der Waals surface area contributed by atoms with Crippen LogP contribution in [0.3, 0.4) is 0 Å². The summed E-state index contributed by atoms with van der Waals surface area (Å²) in [4.78, 5) is 22.3. The van der Waals surface area contributed by atoms with Crippen LogP contribution in [0.5, 0.6) is 0 Å². The largest absolute Gasteiger partial charge is 0.354 e. The topological polar surface area (TPSA) is 70.2 Å². The monoisotopic (exact) mass is 279 g/mol. The van der Waals surface area contributed by atoms with Crippen LogP contribution < -0.4 is 15.5 Å². The highest BCUT2D eigenvalue weighted by Gasteiger charge is 2.11. The van der Waals surface area contributed by atoms with Gasteiger partial charge in [-0.25, -0.2) is 4.98 Å². The average molecular weight is 279 g/mol. The number of anilines is 2. The molecule has 1 aromatic rings. The molecular formula is C14H25N5O. The first kappa shape index (κ1) is 16.2. The standard InChI is InChI=1S/C14H25N5O/c1-6-7-15-14-17-11(4)8-12(18-14)19(5)9-13(20)16-10(2)3/h8,10H,6-7,9H2,1-5H3,(H,16,20)(H,15,17,18). The number of aryl methyl sites for hydroxylation is 1. The molecule has 2 N–H and O–H groups in total. The molecule has 0 aliphatic rings. The molecule has 0 aliphatic heterocycles. The van der Waals surface area contributed by atoms with E-state index in [1.807, 2.05) is 38.8 Å². The second-order valence-corrected chi connectivity index (χ2v) is 5.20. The number of rotatable bonds is 7. The number of nitrogens with zero attached hydrogens (tertiary/aromatic N) is 3. The fourth-order valence-corrected chi connectivity index (χ4v) is 1.73. The summed E-state index contributed by atoms with van der Waals surface area (Å²) in [5, 5.41) is 6.03. The zero-order chi connectivity index (χ0) is 15.1. The second-order valence-electron chi connectivity index (χ2n) is 5.20. The van der Waals surface area contributed by atoms with Gasteiger partial charge in [0.1, 0.15) is 5.82 Å². The Morgan fingerprint density at radius 3 is 2.70 bits per heavy atom. The second kappa shape index (κ2) is 7.67. The Hall–Kier alpha value is -1.85. The third kappa shape index (κ3) is 5.42. The summed E-state index contributed by atoms with van der Waals surface area (Å²) in [6, 6.07) is 2.02. The van der Waals surface area contributed by atoms with Crippen molar-refractivity contribution in [2.24, 2.45) is 0 Å². The van der Waals surface area contributed by atoms with Gasteiger partial charge in [-0.3, -0.25) is 4.79 Å². The van der Waals surface area contributed by atoms with Crippen molar-refractivity contribution in [3.05, 3.63) is 11.8 Å². The van der Waals surface area contributed by atoms with Crippen LogP contribution in [-0.4, -0.2) is 42.1 Å². The van der Waals surface area contributed by atoms with Gasteiger partial charge in [-0.05, 0) is 27.2 Å².